The second kappa shape index (κ2) is 4.81. The van der Waals surface area contributed by atoms with Gasteiger partial charge in [0, 0.05) is 17.8 Å². The average Bonchev–Trinajstić information content (AvgIpc) is 2.61. The number of nitrogens with zero attached hydrogens (tertiary/aromatic N) is 3. The highest BCUT2D eigenvalue weighted by atomic mass is 28.4. The molecule has 1 unspecified atom stereocenters. The number of hydrogen-bond acceptors (Lipinski definition) is 3. The average molecular weight is 237 g/mol. The predicted octanol–water partition coefficient (Wildman–Crippen LogP) is 2.88. The largest absolute Gasteiger partial charge is 0.399 e. The van der Waals surface area contributed by atoms with Crippen molar-refractivity contribution in [2.45, 2.75) is 45.6 Å². The highest BCUT2D eigenvalue weighted by Gasteiger charge is 2.23. The first-order chi connectivity index (χ1) is 7.33. The topological polar surface area (TPSA) is 50.8 Å². The maximum atomic E-state index is 9.10. The molecule has 4 nitrogen and oxygen atoms in total. The van der Waals surface area contributed by atoms with E-state index in [4.69, 9.17) is 9.69 Å². The molecule has 0 saturated carbocycles. The number of hydrogen-bond donors (Lipinski definition) is 0. The fourth-order valence-corrected chi connectivity index (χ4v) is 2.19. The van der Waals surface area contributed by atoms with Gasteiger partial charge in [0.15, 0.2) is 14.4 Å². The van der Waals surface area contributed by atoms with E-state index in [-0.39, 0.29) is 0 Å². The van der Waals surface area contributed by atoms with Crippen molar-refractivity contribution in [2.75, 3.05) is 0 Å². The molecule has 0 saturated heterocycles. The summed E-state index contributed by atoms with van der Waals surface area (Å²) in [5.41, 5.74) is 0.846. The van der Waals surface area contributed by atoms with E-state index in [1.54, 1.807) is 6.20 Å². The Kier molecular flexibility index (Phi) is 3.89. The first kappa shape index (κ1) is 12.9. The van der Waals surface area contributed by atoms with E-state index in [1.807, 2.05) is 10.9 Å². The van der Waals surface area contributed by atoms with Crippen LogP contribution in [0.5, 0.6) is 0 Å². The van der Waals surface area contributed by atoms with Gasteiger partial charge in [-0.2, -0.15) is 10.4 Å². The summed E-state index contributed by atoms with van der Waals surface area (Å²) in [5.74, 6) is 0. The maximum Gasteiger partial charge on any atom is 0.186 e. The van der Waals surface area contributed by atoms with Gasteiger partial charge in [0.25, 0.3) is 0 Å². The van der Waals surface area contributed by atoms with E-state index in [1.165, 1.54) is 0 Å². The third-order valence-electron chi connectivity index (χ3n) is 2.04. The standard InChI is InChI=1S/C11H19N3OSi/c1-9(2)14-8-10(7-13-14)11(6-12)15-16(3,4)5/h7-9,11H,1-5H3. The molecule has 5 heteroatoms. The van der Waals surface area contributed by atoms with Crippen LogP contribution in [0.3, 0.4) is 0 Å². The summed E-state index contributed by atoms with van der Waals surface area (Å²) < 4.78 is 7.63. The molecular weight excluding hydrogens is 218 g/mol. The summed E-state index contributed by atoms with van der Waals surface area (Å²) in [6.07, 6.45) is 3.12. The van der Waals surface area contributed by atoms with Crippen LogP contribution in [-0.4, -0.2) is 18.1 Å². The fraction of sp³-hybridized carbons (Fsp3) is 0.636. The van der Waals surface area contributed by atoms with Gasteiger partial charge in [-0.25, -0.2) is 0 Å². The van der Waals surface area contributed by atoms with Gasteiger partial charge in [-0.15, -0.1) is 0 Å². The smallest absolute Gasteiger partial charge is 0.186 e. The van der Waals surface area contributed by atoms with Crippen LogP contribution < -0.4 is 0 Å². The van der Waals surface area contributed by atoms with Crippen molar-refractivity contribution in [2.24, 2.45) is 0 Å². The number of nitriles is 1. The van der Waals surface area contributed by atoms with E-state index in [0.717, 1.165) is 5.56 Å². The summed E-state index contributed by atoms with van der Waals surface area (Å²) in [6.45, 7) is 10.3. The van der Waals surface area contributed by atoms with E-state index < -0.39 is 14.4 Å². The Morgan fingerprint density at radius 3 is 2.44 bits per heavy atom. The van der Waals surface area contributed by atoms with Gasteiger partial charge in [0.2, 0.25) is 0 Å². The van der Waals surface area contributed by atoms with Crippen LogP contribution in [0.1, 0.15) is 31.6 Å². The van der Waals surface area contributed by atoms with Crippen LogP contribution >= 0.6 is 0 Å². The van der Waals surface area contributed by atoms with E-state index in [0.29, 0.717) is 6.04 Å². The van der Waals surface area contributed by atoms with Crippen molar-refractivity contribution in [3.63, 3.8) is 0 Å². The van der Waals surface area contributed by atoms with Crippen LogP contribution in [0.25, 0.3) is 0 Å². The van der Waals surface area contributed by atoms with Gasteiger partial charge in [-0.1, -0.05) is 0 Å². The highest BCUT2D eigenvalue weighted by Crippen LogP contribution is 2.21. The second-order valence-corrected chi connectivity index (χ2v) is 9.55. The van der Waals surface area contributed by atoms with E-state index >= 15 is 0 Å². The fourth-order valence-electron chi connectivity index (χ4n) is 1.29. The number of rotatable bonds is 4. The van der Waals surface area contributed by atoms with Crippen molar-refractivity contribution in [1.82, 2.24) is 9.78 Å². The minimum Gasteiger partial charge on any atom is -0.399 e. The maximum absolute atomic E-state index is 9.10. The monoisotopic (exact) mass is 237 g/mol. The molecule has 0 aliphatic carbocycles. The van der Waals surface area contributed by atoms with E-state index in [9.17, 15) is 0 Å². The molecule has 1 rings (SSSR count). The van der Waals surface area contributed by atoms with Gasteiger partial charge in [-0.3, -0.25) is 4.68 Å². The number of aromatic nitrogens is 2. The zero-order chi connectivity index (χ0) is 12.3. The lowest BCUT2D eigenvalue weighted by molar-refractivity contribution is 0.255. The summed E-state index contributed by atoms with van der Waals surface area (Å²) in [5, 5.41) is 13.3. The minimum absolute atomic E-state index is 0.306. The second-order valence-electron chi connectivity index (χ2n) is 5.09. The lowest BCUT2D eigenvalue weighted by Gasteiger charge is -2.20. The molecule has 1 atom stereocenters. The quantitative estimate of drug-likeness (QED) is 0.757. The molecule has 0 bridgehead atoms. The van der Waals surface area contributed by atoms with Crippen molar-refractivity contribution in [3.05, 3.63) is 18.0 Å². The SMILES string of the molecule is CC(C)n1cc(C(C#N)O[Si](C)(C)C)cn1. The third-order valence-corrected chi connectivity index (χ3v) is 2.98. The molecule has 0 aromatic carbocycles. The van der Waals surface area contributed by atoms with Gasteiger partial charge in [0.05, 0.1) is 12.3 Å². The molecule has 1 aromatic heterocycles. The molecule has 0 radical (unpaired) electrons. The first-order valence-electron chi connectivity index (χ1n) is 5.45. The Morgan fingerprint density at radius 1 is 1.44 bits per heavy atom. The summed E-state index contributed by atoms with van der Waals surface area (Å²) in [7, 11) is -1.70. The molecule has 0 N–H and O–H groups in total. The van der Waals surface area contributed by atoms with Crippen LogP contribution in [0.4, 0.5) is 0 Å². The Hall–Kier alpha value is -1.12. The summed E-state index contributed by atoms with van der Waals surface area (Å²) >= 11 is 0. The molecule has 0 aliphatic rings. The Morgan fingerprint density at radius 2 is 2.06 bits per heavy atom. The zero-order valence-corrected chi connectivity index (χ0v) is 11.6. The molecule has 1 heterocycles. The minimum atomic E-state index is -1.70. The Balaban J connectivity index is 2.84. The Labute approximate surface area is 98.0 Å². The molecule has 0 aliphatic heterocycles. The molecular formula is C11H19N3OSi. The van der Waals surface area contributed by atoms with Gasteiger partial charge in [0.1, 0.15) is 0 Å². The highest BCUT2D eigenvalue weighted by molar-refractivity contribution is 6.69. The van der Waals surface area contributed by atoms with Crippen molar-refractivity contribution >= 4 is 8.32 Å². The van der Waals surface area contributed by atoms with Gasteiger partial charge in [-0.05, 0) is 33.5 Å². The van der Waals surface area contributed by atoms with Gasteiger partial charge >= 0.3 is 0 Å². The molecule has 88 valence electrons. The third kappa shape index (κ3) is 3.47. The lowest BCUT2D eigenvalue weighted by Crippen LogP contribution is -2.27. The van der Waals surface area contributed by atoms with Crippen molar-refractivity contribution in [1.29, 1.82) is 5.26 Å². The summed E-state index contributed by atoms with van der Waals surface area (Å²) in [4.78, 5) is 0. The lowest BCUT2D eigenvalue weighted by atomic mass is 10.2. The van der Waals surface area contributed by atoms with Crippen molar-refractivity contribution in [3.8, 4) is 6.07 Å². The van der Waals surface area contributed by atoms with Crippen LogP contribution in [0, 0.1) is 11.3 Å². The van der Waals surface area contributed by atoms with E-state index in [2.05, 4.69) is 44.7 Å². The van der Waals surface area contributed by atoms with Crippen molar-refractivity contribution < 1.29 is 4.43 Å². The normalized spacial score (nSPS) is 13.8. The van der Waals surface area contributed by atoms with Crippen LogP contribution in [-0.2, 0) is 4.43 Å². The van der Waals surface area contributed by atoms with Crippen LogP contribution in [0.15, 0.2) is 12.4 Å². The molecule has 0 amide bonds. The van der Waals surface area contributed by atoms with Crippen LogP contribution in [0.2, 0.25) is 19.6 Å². The summed E-state index contributed by atoms with van der Waals surface area (Å²) in [6, 6.07) is 2.49. The molecule has 0 spiro atoms. The molecule has 0 fully saturated rings. The van der Waals surface area contributed by atoms with Gasteiger partial charge < -0.3 is 4.43 Å². The predicted molar refractivity (Wildman–Crippen MR) is 65.4 cm³/mol. The first-order valence-corrected chi connectivity index (χ1v) is 8.86. The Bertz CT molecular complexity index is 387. The molecule has 1 aromatic rings. The zero-order valence-electron chi connectivity index (χ0n) is 10.6. The molecule has 16 heavy (non-hydrogen) atoms.